The minimum absolute atomic E-state index is 0.113. The smallest absolute Gasteiger partial charge is 0.326 e. The van der Waals surface area contributed by atoms with Crippen molar-refractivity contribution in [3.05, 3.63) is 101 Å². The first kappa shape index (κ1) is 21.9. The topological polar surface area (TPSA) is 61.9 Å². The Bertz CT molecular complexity index is 1080. The van der Waals surface area contributed by atoms with E-state index in [4.69, 9.17) is 16.3 Å². The molecule has 1 aliphatic rings. The van der Waals surface area contributed by atoms with Crippen LogP contribution in [0.5, 0.6) is 5.75 Å². The quantitative estimate of drug-likeness (QED) is 0.548. The molecule has 0 aliphatic carbocycles. The fourth-order valence-electron chi connectivity index (χ4n) is 4.09. The molecule has 0 aromatic heterocycles. The summed E-state index contributed by atoms with van der Waals surface area (Å²) in [6, 6.07) is 23.6. The molecule has 1 aliphatic heterocycles. The van der Waals surface area contributed by atoms with Crippen LogP contribution in [0.15, 0.2) is 78.9 Å². The Balaban J connectivity index is 1.63. The number of rotatable bonds is 7. The van der Waals surface area contributed by atoms with Crippen LogP contribution in [-0.4, -0.2) is 42.6 Å². The number of nitrogens with zero attached hydrogens (tertiary/aromatic N) is 2. The number of urea groups is 1. The van der Waals surface area contributed by atoms with Gasteiger partial charge < -0.3 is 10.1 Å². The molecule has 7 heteroatoms. The lowest BCUT2D eigenvalue weighted by Gasteiger charge is -2.29. The van der Waals surface area contributed by atoms with Gasteiger partial charge in [0.1, 0.15) is 5.75 Å². The van der Waals surface area contributed by atoms with Gasteiger partial charge in [0.25, 0.3) is 5.91 Å². The molecular formula is C25H24ClN3O3. The normalized spacial score (nSPS) is 15.2. The van der Waals surface area contributed by atoms with Gasteiger partial charge in [-0.25, -0.2) is 9.69 Å². The minimum Gasteiger partial charge on any atom is -0.496 e. The van der Waals surface area contributed by atoms with Crippen molar-refractivity contribution < 1.29 is 14.3 Å². The molecule has 1 heterocycles. The van der Waals surface area contributed by atoms with Crippen LogP contribution >= 0.6 is 11.6 Å². The van der Waals surface area contributed by atoms with E-state index in [0.29, 0.717) is 28.4 Å². The van der Waals surface area contributed by atoms with Gasteiger partial charge in [0, 0.05) is 17.1 Å². The van der Waals surface area contributed by atoms with Crippen LogP contribution in [0.3, 0.4) is 0 Å². The van der Waals surface area contributed by atoms with Crippen molar-refractivity contribution >= 4 is 23.5 Å². The number of hydrogen-bond donors (Lipinski definition) is 1. The number of imide groups is 1. The summed E-state index contributed by atoms with van der Waals surface area (Å²) in [5.41, 5.74) is 1.03. The maximum Gasteiger partial charge on any atom is 0.326 e. The van der Waals surface area contributed by atoms with Crippen LogP contribution in [0.1, 0.15) is 16.7 Å². The second kappa shape index (κ2) is 9.02. The summed E-state index contributed by atoms with van der Waals surface area (Å²) in [5, 5.41) is 3.56. The van der Waals surface area contributed by atoms with Gasteiger partial charge in [0.05, 0.1) is 13.8 Å². The number of methoxy groups -OCH3 is 1. The molecule has 0 spiro atoms. The highest BCUT2D eigenvalue weighted by Gasteiger charge is 2.53. The van der Waals surface area contributed by atoms with E-state index in [9.17, 15) is 9.59 Å². The fourth-order valence-corrected chi connectivity index (χ4v) is 4.29. The van der Waals surface area contributed by atoms with Crippen molar-refractivity contribution in [2.75, 3.05) is 20.8 Å². The van der Waals surface area contributed by atoms with Crippen LogP contribution in [0, 0.1) is 0 Å². The lowest BCUT2D eigenvalue weighted by atomic mass is 9.83. The third kappa shape index (κ3) is 3.95. The summed E-state index contributed by atoms with van der Waals surface area (Å²) in [4.78, 5) is 29.9. The zero-order chi connectivity index (χ0) is 22.7. The highest BCUT2D eigenvalue weighted by atomic mass is 35.5. The molecule has 1 N–H and O–H groups in total. The van der Waals surface area contributed by atoms with Crippen LogP contribution in [0.25, 0.3) is 0 Å². The Labute approximate surface area is 192 Å². The summed E-state index contributed by atoms with van der Waals surface area (Å²) in [6.45, 7) is 0.562. The van der Waals surface area contributed by atoms with Crippen LogP contribution in [0.2, 0.25) is 5.02 Å². The van der Waals surface area contributed by atoms with Gasteiger partial charge >= 0.3 is 6.03 Å². The van der Waals surface area contributed by atoms with E-state index in [1.54, 1.807) is 19.2 Å². The van der Waals surface area contributed by atoms with Crippen molar-refractivity contribution in [2.45, 2.75) is 12.1 Å². The monoisotopic (exact) mass is 449 g/mol. The fraction of sp³-hybridized carbons (Fsp3) is 0.200. The minimum atomic E-state index is -1.27. The zero-order valence-electron chi connectivity index (χ0n) is 17.9. The highest BCUT2D eigenvalue weighted by Crippen LogP contribution is 2.36. The first-order valence-electron chi connectivity index (χ1n) is 10.2. The molecule has 0 saturated carbocycles. The molecule has 164 valence electrons. The lowest BCUT2D eigenvalue weighted by Crippen LogP contribution is -2.46. The average molecular weight is 450 g/mol. The molecular weight excluding hydrogens is 426 g/mol. The molecule has 1 saturated heterocycles. The third-order valence-corrected chi connectivity index (χ3v) is 5.82. The van der Waals surface area contributed by atoms with E-state index in [0.717, 1.165) is 5.56 Å². The van der Waals surface area contributed by atoms with E-state index in [-0.39, 0.29) is 12.6 Å². The molecule has 3 aromatic rings. The number of amides is 3. The number of hydrogen-bond acceptors (Lipinski definition) is 4. The Morgan fingerprint density at radius 2 is 1.56 bits per heavy atom. The van der Waals surface area contributed by atoms with E-state index >= 15 is 0 Å². The molecule has 6 nitrogen and oxygen atoms in total. The summed E-state index contributed by atoms with van der Waals surface area (Å²) in [6.07, 6.45) is 0. The summed E-state index contributed by atoms with van der Waals surface area (Å²) in [5.74, 6) is 0.381. The second-order valence-electron chi connectivity index (χ2n) is 7.76. The predicted molar refractivity (Wildman–Crippen MR) is 123 cm³/mol. The lowest BCUT2D eigenvalue weighted by molar-refractivity contribution is -0.131. The standard InChI is InChI=1S/C25H24ClN3O3/c1-28(16-18-15-21(26)13-14-22(18)32-2)17-29-23(30)25(27-24(29)31,19-9-5-3-6-10-19)20-11-7-4-8-12-20/h3-15H,16-17H2,1-2H3,(H,27,31). The molecule has 0 radical (unpaired) electrons. The first-order valence-corrected chi connectivity index (χ1v) is 10.6. The number of ether oxygens (including phenoxy) is 1. The third-order valence-electron chi connectivity index (χ3n) is 5.58. The molecule has 32 heavy (non-hydrogen) atoms. The molecule has 0 bridgehead atoms. The van der Waals surface area contributed by atoms with Gasteiger partial charge in [0.2, 0.25) is 0 Å². The van der Waals surface area contributed by atoms with Gasteiger partial charge in [-0.2, -0.15) is 0 Å². The van der Waals surface area contributed by atoms with Gasteiger partial charge in [-0.15, -0.1) is 0 Å². The Morgan fingerprint density at radius 3 is 2.12 bits per heavy atom. The van der Waals surface area contributed by atoms with Crippen LogP contribution in [0.4, 0.5) is 4.79 Å². The van der Waals surface area contributed by atoms with Crippen LogP contribution in [-0.2, 0) is 16.9 Å². The maximum atomic E-state index is 13.8. The number of halogens is 1. The number of nitrogens with one attached hydrogen (secondary N) is 1. The van der Waals surface area contributed by atoms with Crippen molar-refractivity contribution in [3.63, 3.8) is 0 Å². The molecule has 3 aromatic carbocycles. The second-order valence-corrected chi connectivity index (χ2v) is 8.19. The van der Waals surface area contributed by atoms with E-state index in [1.165, 1.54) is 4.90 Å². The van der Waals surface area contributed by atoms with Crippen molar-refractivity contribution in [3.8, 4) is 5.75 Å². The van der Waals surface area contributed by atoms with Crippen molar-refractivity contribution in [2.24, 2.45) is 0 Å². The number of benzene rings is 3. The maximum absolute atomic E-state index is 13.8. The van der Waals surface area contributed by atoms with E-state index in [2.05, 4.69) is 5.32 Å². The van der Waals surface area contributed by atoms with E-state index in [1.807, 2.05) is 78.7 Å². The number of carbonyl (C=O) groups excluding carboxylic acids is 2. The summed E-state index contributed by atoms with van der Waals surface area (Å²) >= 11 is 6.14. The first-order chi connectivity index (χ1) is 15.5. The molecule has 3 amide bonds. The largest absolute Gasteiger partial charge is 0.496 e. The molecule has 4 rings (SSSR count). The SMILES string of the molecule is COc1ccc(Cl)cc1CN(C)CN1C(=O)NC(c2ccccc2)(c2ccccc2)C1=O. The summed E-state index contributed by atoms with van der Waals surface area (Å²) < 4.78 is 5.42. The molecule has 0 atom stereocenters. The zero-order valence-corrected chi connectivity index (χ0v) is 18.7. The summed E-state index contributed by atoms with van der Waals surface area (Å²) in [7, 11) is 3.43. The molecule has 1 fully saturated rings. The highest BCUT2D eigenvalue weighted by molar-refractivity contribution is 6.30. The van der Waals surface area contributed by atoms with Crippen LogP contribution < -0.4 is 10.1 Å². The Kier molecular flexibility index (Phi) is 6.17. The Hall–Kier alpha value is -3.35. The van der Waals surface area contributed by atoms with Crippen molar-refractivity contribution in [1.29, 1.82) is 0 Å². The molecule has 0 unspecified atom stereocenters. The predicted octanol–water partition coefficient (Wildman–Crippen LogP) is 4.23. The Morgan fingerprint density at radius 1 is 0.969 bits per heavy atom. The van der Waals surface area contributed by atoms with Crippen molar-refractivity contribution in [1.82, 2.24) is 15.1 Å². The van der Waals surface area contributed by atoms with Gasteiger partial charge in [-0.1, -0.05) is 72.3 Å². The van der Waals surface area contributed by atoms with E-state index < -0.39 is 11.6 Å². The number of carbonyl (C=O) groups is 2. The van der Waals surface area contributed by atoms with Gasteiger partial charge in [0.15, 0.2) is 5.54 Å². The van der Waals surface area contributed by atoms with Gasteiger partial charge in [-0.3, -0.25) is 9.69 Å². The van der Waals surface area contributed by atoms with Gasteiger partial charge in [-0.05, 0) is 36.4 Å². The average Bonchev–Trinajstić information content (AvgIpc) is 3.06.